The van der Waals surface area contributed by atoms with Crippen molar-refractivity contribution in [3.05, 3.63) is 11.5 Å². The van der Waals surface area contributed by atoms with E-state index in [2.05, 4.69) is 0 Å². The second-order valence-corrected chi connectivity index (χ2v) is 4.45. The summed E-state index contributed by atoms with van der Waals surface area (Å²) in [6.07, 6.45) is 3.22. The van der Waals surface area contributed by atoms with Crippen molar-refractivity contribution in [2.75, 3.05) is 6.26 Å². The second-order valence-electron chi connectivity index (χ2n) is 2.51. The van der Waals surface area contributed by atoms with Crippen LogP contribution in [-0.2, 0) is 9.84 Å². The van der Waals surface area contributed by atoms with Crippen LogP contribution < -0.4 is 0 Å². The fourth-order valence-corrected chi connectivity index (χ4v) is 1.09. The molecule has 0 aliphatic rings. The number of aliphatic hydroxyl groups excluding tert-OH is 1. The van der Waals surface area contributed by atoms with Crippen LogP contribution in [0.2, 0.25) is 0 Å². The summed E-state index contributed by atoms with van der Waals surface area (Å²) in [4.78, 5) is 0. The summed E-state index contributed by atoms with van der Waals surface area (Å²) in [5, 5.41) is 10.1. The third kappa shape index (κ3) is 7.55. The molecule has 0 radical (unpaired) electrons. The predicted molar refractivity (Wildman–Crippen MR) is 44.9 cm³/mol. The Morgan fingerprint density at radius 2 is 2.09 bits per heavy atom. The van der Waals surface area contributed by atoms with Crippen LogP contribution in [0.1, 0.15) is 19.8 Å². The molecule has 0 aromatic heterocycles. The Balaban J connectivity index is 3.93. The van der Waals surface area contributed by atoms with E-state index >= 15 is 0 Å². The van der Waals surface area contributed by atoms with E-state index in [0.717, 1.165) is 18.1 Å². The highest BCUT2D eigenvalue weighted by molar-refractivity contribution is 7.93. The smallest absolute Gasteiger partial charge is 0.168 e. The van der Waals surface area contributed by atoms with Crippen molar-refractivity contribution in [2.45, 2.75) is 25.9 Å². The van der Waals surface area contributed by atoms with Gasteiger partial charge in [0.15, 0.2) is 9.84 Å². The van der Waals surface area contributed by atoms with Crippen molar-refractivity contribution in [2.24, 2.45) is 0 Å². The summed E-state index contributed by atoms with van der Waals surface area (Å²) in [5.74, 6) is 0. The van der Waals surface area contributed by atoms with E-state index in [0.29, 0.717) is 6.42 Å². The summed E-state index contributed by atoms with van der Waals surface area (Å²) < 4.78 is 21.1. The van der Waals surface area contributed by atoms with Gasteiger partial charge in [0.1, 0.15) is 0 Å². The largest absolute Gasteiger partial charge is 0.389 e. The molecule has 4 heteroatoms. The van der Waals surface area contributed by atoms with E-state index in [1.807, 2.05) is 6.92 Å². The van der Waals surface area contributed by atoms with Gasteiger partial charge in [-0.15, -0.1) is 0 Å². The highest BCUT2D eigenvalue weighted by atomic mass is 32.2. The van der Waals surface area contributed by atoms with Gasteiger partial charge in [-0.3, -0.25) is 0 Å². The van der Waals surface area contributed by atoms with Crippen LogP contribution in [0.5, 0.6) is 0 Å². The standard InChI is InChI=1S/C7H14O3S/c1-3-4-7(8)5-6-11(2,9)10/h5-8H,3-4H2,1-2H3/b6-5+/t7-/m0/s1. The molecule has 0 saturated heterocycles. The Labute approximate surface area is 67.7 Å². The summed E-state index contributed by atoms with van der Waals surface area (Å²) in [6, 6.07) is 0. The number of hydrogen-bond acceptors (Lipinski definition) is 3. The van der Waals surface area contributed by atoms with Gasteiger partial charge in [-0.05, 0) is 12.5 Å². The zero-order valence-corrected chi connectivity index (χ0v) is 7.63. The summed E-state index contributed by atoms with van der Waals surface area (Å²) in [5.41, 5.74) is 0. The minimum Gasteiger partial charge on any atom is -0.389 e. The first-order chi connectivity index (χ1) is 4.95. The zero-order valence-electron chi connectivity index (χ0n) is 6.82. The predicted octanol–water partition coefficient (Wildman–Crippen LogP) is 0.706. The van der Waals surface area contributed by atoms with Gasteiger partial charge in [0, 0.05) is 11.7 Å². The SMILES string of the molecule is CCC[C@H](O)/C=C/S(C)(=O)=O. The molecule has 0 spiro atoms. The molecular weight excluding hydrogens is 164 g/mol. The van der Waals surface area contributed by atoms with E-state index in [4.69, 9.17) is 5.11 Å². The van der Waals surface area contributed by atoms with E-state index in [-0.39, 0.29) is 0 Å². The molecule has 0 aromatic rings. The van der Waals surface area contributed by atoms with E-state index in [9.17, 15) is 8.42 Å². The summed E-state index contributed by atoms with van der Waals surface area (Å²) in [7, 11) is -3.08. The number of aliphatic hydroxyl groups is 1. The first-order valence-corrected chi connectivity index (χ1v) is 5.47. The molecule has 66 valence electrons. The Kier molecular flexibility index (Phi) is 4.37. The summed E-state index contributed by atoms with van der Waals surface area (Å²) in [6.45, 7) is 1.93. The molecule has 0 aliphatic carbocycles. The third-order valence-corrected chi connectivity index (χ3v) is 1.78. The normalized spacial score (nSPS) is 15.5. The summed E-state index contributed by atoms with van der Waals surface area (Å²) >= 11 is 0. The molecule has 0 bridgehead atoms. The lowest BCUT2D eigenvalue weighted by atomic mass is 10.2. The van der Waals surface area contributed by atoms with Gasteiger partial charge in [0.25, 0.3) is 0 Å². The third-order valence-electron chi connectivity index (χ3n) is 1.13. The van der Waals surface area contributed by atoms with Crippen LogP contribution >= 0.6 is 0 Å². The highest BCUT2D eigenvalue weighted by Gasteiger charge is 1.98. The molecule has 3 nitrogen and oxygen atoms in total. The first-order valence-electron chi connectivity index (χ1n) is 3.52. The van der Waals surface area contributed by atoms with Gasteiger partial charge in [-0.2, -0.15) is 0 Å². The van der Waals surface area contributed by atoms with Gasteiger partial charge < -0.3 is 5.11 Å². The van der Waals surface area contributed by atoms with Crippen LogP contribution in [0.15, 0.2) is 11.5 Å². The second kappa shape index (κ2) is 4.51. The van der Waals surface area contributed by atoms with Crippen LogP contribution in [0.4, 0.5) is 0 Å². The minimum atomic E-state index is -3.08. The van der Waals surface area contributed by atoms with Gasteiger partial charge in [-0.1, -0.05) is 13.3 Å². The van der Waals surface area contributed by atoms with E-state index in [1.54, 1.807) is 0 Å². The number of rotatable bonds is 4. The van der Waals surface area contributed by atoms with Crippen molar-refractivity contribution in [1.82, 2.24) is 0 Å². The molecule has 0 aliphatic heterocycles. The molecule has 0 rings (SSSR count). The van der Waals surface area contributed by atoms with Gasteiger partial charge >= 0.3 is 0 Å². The van der Waals surface area contributed by atoms with Gasteiger partial charge in [-0.25, -0.2) is 8.42 Å². The average Bonchev–Trinajstić information content (AvgIpc) is 1.83. The highest BCUT2D eigenvalue weighted by Crippen LogP contribution is 1.98. The van der Waals surface area contributed by atoms with Crippen LogP contribution in [-0.4, -0.2) is 25.9 Å². The maximum Gasteiger partial charge on any atom is 0.168 e. The lowest BCUT2D eigenvalue weighted by Crippen LogP contribution is -2.01. The quantitative estimate of drug-likeness (QED) is 0.689. The Hall–Kier alpha value is -0.350. The molecule has 0 amide bonds. The first kappa shape index (κ1) is 10.7. The van der Waals surface area contributed by atoms with Gasteiger partial charge in [0.2, 0.25) is 0 Å². The molecule has 0 unspecified atom stereocenters. The lowest BCUT2D eigenvalue weighted by Gasteiger charge is -2.00. The number of hydrogen-bond donors (Lipinski definition) is 1. The fourth-order valence-electron chi connectivity index (χ4n) is 0.625. The van der Waals surface area contributed by atoms with Crippen molar-refractivity contribution in [3.8, 4) is 0 Å². The van der Waals surface area contributed by atoms with Gasteiger partial charge in [0.05, 0.1) is 6.10 Å². The Bertz CT molecular complexity index is 216. The van der Waals surface area contributed by atoms with Crippen molar-refractivity contribution in [1.29, 1.82) is 0 Å². The molecule has 11 heavy (non-hydrogen) atoms. The Morgan fingerprint density at radius 1 is 1.55 bits per heavy atom. The molecule has 0 fully saturated rings. The van der Waals surface area contributed by atoms with Crippen molar-refractivity contribution < 1.29 is 13.5 Å². The monoisotopic (exact) mass is 178 g/mol. The topological polar surface area (TPSA) is 54.4 Å². The van der Waals surface area contributed by atoms with Crippen molar-refractivity contribution in [3.63, 3.8) is 0 Å². The fraction of sp³-hybridized carbons (Fsp3) is 0.714. The number of sulfone groups is 1. The maximum atomic E-state index is 10.5. The van der Waals surface area contributed by atoms with E-state index in [1.165, 1.54) is 6.08 Å². The molecule has 0 aromatic carbocycles. The molecule has 0 saturated carbocycles. The van der Waals surface area contributed by atoms with Crippen LogP contribution in [0, 0.1) is 0 Å². The maximum absolute atomic E-state index is 10.5. The van der Waals surface area contributed by atoms with Crippen molar-refractivity contribution >= 4 is 9.84 Å². The Morgan fingerprint density at radius 3 is 2.45 bits per heavy atom. The van der Waals surface area contributed by atoms with Crippen LogP contribution in [0.25, 0.3) is 0 Å². The van der Waals surface area contributed by atoms with Crippen LogP contribution in [0.3, 0.4) is 0 Å². The lowest BCUT2D eigenvalue weighted by molar-refractivity contribution is 0.212. The average molecular weight is 178 g/mol. The molecule has 0 heterocycles. The zero-order chi connectivity index (χ0) is 8.91. The minimum absolute atomic E-state index is 0.603. The molecule has 1 atom stereocenters. The molecule has 1 N–H and O–H groups in total. The van der Waals surface area contributed by atoms with E-state index < -0.39 is 15.9 Å². The molecular formula is C7H14O3S.